The Balaban J connectivity index is 1.07. The summed E-state index contributed by atoms with van der Waals surface area (Å²) >= 11 is 3.80. The van der Waals surface area contributed by atoms with Gasteiger partial charge in [-0.15, -0.1) is 22.7 Å². The minimum Gasteiger partial charge on any atom is -0.355 e. The van der Waals surface area contributed by atoms with E-state index < -0.39 is 0 Å². The lowest BCUT2D eigenvalue weighted by molar-refractivity contribution is 0.590. The van der Waals surface area contributed by atoms with Crippen molar-refractivity contribution in [2.45, 2.75) is 71.6 Å². The average molecular weight is 962 g/mol. The van der Waals surface area contributed by atoms with E-state index in [0.29, 0.717) is 0 Å². The fraction of sp³-hybridized carbons (Fsp3) is 0.164. The predicted molar refractivity (Wildman–Crippen MR) is 315 cm³/mol. The number of nitrogens with one attached hydrogen (secondary N) is 1. The smallest absolute Gasteiger partial charge is 0.197 e. The molecule has 0 unspecified atom stereocenters. The van der Waals surface area contributed by atoms with Gasteiger partial charge in [0.1, 0.15) is 0 Å². The fourth-order valence-corrected chi connectivity index (χ4v) is 14.4. The maximum absolute atomic E-state index is 4.00. The molecule has 0 amide bonds. The lowest BCUT2D eigenvalue weighted by Crippen LogP contribution is -2.37. The molecule has 0 bridgehead atoms. The molecule has 72 heavy (non-hydrogen) atoms. The lowest BCUT2D eigenvalue weighted by atomic mass is 9.59. The summed E-state index contributed by atoms with van der Waals surface area (Å²) in [6.45, 7) is 18.6. The molecule has 2 nitrogen and oxygen atoms in total. The molecule has 3 aromatic heterocycles. The molecular formula is C67H54BN2S2. The molecule has 0 spiro atoms. The van der Waals surface area contributed by atoms with E-state index in [4.69, 9.17) is 0 Å². The highest BCUT2D eigenvalue weighted by Gasteiger charge is 2.37. The van der Waals surface area contributed by atoms with Crippen molar-refractivity contribution in [2.24, 2.45) is 0 Å². The second-order valence-corrected chi connectivity index (χ2v) is 25.0. The number of hydrogen-bond acceptors (Lipinski definition) is 3. The van der Waals surface area contributed by atoms with Crippen molar-refractivity contribution in [1.82, 2.24) is 4.57 Å². The Morgan fingerprint density at radius 2 is 1.15 bits per heavy atom. The molecule has 0 saturated heterocycles. The third-order valence-corrected chi connectivity index (χ3v) is 18.3. The van der Waals surface area contributed by atoms with Crippen LogP contribution in [0.1, 0.15) is 77.6 Å². The van der Waals surface area contributed by atoms with E-state index in [9.17, 15) is 0 Å². The van der Waals surface area contributed by atoms with Gasteiger partial charge < -0.3 is 9.88 Å². The van der Waals surface area contributed by atoms with Gasteiger partial charge in [-0.1, -0.05) is 176 Å². The van der Waals surface area contributed by atoms with Gasteiger partial charge in [-0.3, -0.25) is 0 Å². The summed E-state index contributed by atoms with van der Waals surface area (Å²) in [5.74, 6) is 0. The van der Waals surface area contributed by atoms with Gasteiger partial charge in [-0.2, -0.15) is 0 Å². The first-order valence-corrected chi connectivity index (χ1v) is 27.0. The van der Waals surface area contributed by atoms with Crippen LogP contribution in [0.3, 0.4) is 0 Å². The third-order valence-electron chi connectivity index (χ3n) is 15.9. The van der Waals surface area contributed by atoms with Gasteiger partial charge in [0.15, 0.2) is 7.28 Å². The maximum Gasteiger partial charge on any atom is 0.197 e. The number of nitrogens with zero attached hydrogens (tertiary/aromatic N) is 1. The second kappa shape index (κ2) is 15.4. The van der Waals surface area contributed by atoms with Crippen LogP contribution in [0.5, 0.6) is 0 Å². The summed E-state index contributed by atoms with van der Waals surface area (Å²) in [5.41, 5.74) is 22.7. The van der Waals surface area contributed by atoms with Crippen LogP contribution in [-0.4, -0.2) is 11.8 Å². The number of hydrogen-bond donors (Lipinski definition) is 1. The van der Waals surface area contributed by atoms with Crippen LogP contribution in [0.4, 0.5) is 11.4 Å². The van der Waals surface area contributed by atoms with E-state index in [1.807, 2.05) is 22.7 Å². The first kappa shape index (κ1) is 43.6. The van der Waals surface area contributed by atoms with Crippen LogP contribution in [0.15, 0.2) is 176 Å². The number of thiophene rings is 2. The quantitative estimate of drug-likeness (QED) is 0.170. The Labute approximate surface area is 430 Å². The molecule has 1 aliphatic carbocycles. The zero-order valence-corrected chi connectivity index (χ0v) is 43.7. The maximum atomic E-state index is 4.00. The SMILES string of the molecule is CC(C)(C)c1ccc(Nc2cc3sc4ccc(C(C)(C)C)cc4c3cc2-c2ccc3c4cc5c(cc4n4c3c2[B]c2cc3sc(-c6ccccc6)c(-c6ccccc6)c3cc2-4)C(C)(C)c2ccccc2-5)cc1. The first-order valence-electron chi connectivity index (χ1n) is 25.4. The Morgan fingerprint density at radius 3 is 1.90 bits per heavy atom. The highest BCUT2D eigenvalue weighted by atomic mass is 32.1. The van der Waals surface area contributed by atoms with Crippen molar-refractivity contribution in [3.05, 3.63) is 198 Å². The fourth-order valence-electron chi connectivity index (χ4n) is 12.1. The second-order valence-electron chi connectivity index (χ2n) is 22.8. The Hall–Kier alpha value is -7.18. The van der Waals surface area contributed by atoms with Crippen molar-refractivity contribution in [3.8, 4) is 49.5 Å². The van der Waals surface area contributed by atoms with E-state index in [2.05, 4.69) is 248 Å². The molecule has 0 saturated carbocycles. The van der Waals surface area contributed by atoms with Crippen LogP contribution in [0.2, 0.25) is 0 Å². The van der Waals surface area contributed by atoms with Crippen LogP contribution in [-0.2, 0) is 16.2 Å². The molecule has 0 atom stereocenters. The number of anilines is 2. The van der Waals surface area contributed by atoms with Crippen molar-refractivity contribution >= 4 is 104 Å². The molecule has 1 aliphatic heterocycles. The van der Waals surface area contributed by atoms with Gasteiger partial charge in [-0.05, 0) is 127 Å². The summed E-state index contributed by atoms with van der Waals surface area (Å²) in [6.07, 6.45) is 0. The van der Waals surface area contributed by atoms with Crippen molar-refractivity contribution in [1.29, 1.82) is 0 Å². The molecule has 0 fully saturated rings. The van der Waals surface area contributed by atoms with Gasteiger partial charge in [0.05, 0.1) is 5.52 Å². The van der Waals surface area contributed by atoms with E-state index in [-0.39, 0.29) is 16.2 Å². The number of rotatable bonds is 5. The summed E-state index contributed by atoms with van der Waals surface area (Å²) in [5, 5.41) is 10.5. The van der Waals surface area contributed by atoms with Crippen LogP contribution in [0, 0.1) is 0 Å². The minimum absolute atomic E-state index is 0.0339. The highest BCUT2D eigenvalue weighted by Crippen LogP contribution is 2.52. The Kier molecular flexibility index (Phi) is 9.34. The molecular weight excluding hydrogens is 908 g/mol. The molecule has 1 N–H and O–H groups in total. The number of aromatic nitrogens is 1. The molecule has 12 aromatic rings. The van der Waals surface area contributed by atoms with E-state index in [1.165, 1.54) is 135 Å². The summed E-state index contributed by atoms with van der Waals surface area (Å²) < 4.78 is 6.53. The van der Waals surface area contributed by atoms with Crippen LogP contribution >= 0.6 is 22.7 Å². The van der Waals surface area contributed by atoms with E-state index in [1.54, 1.807) is 0 Å². The Morgan fingerprint density at radius 1 is 0.486 bits per heavy atom. The zero-order valence-electron chi connectivity index (χ0n) is 42.1. The van der Waals surface area contributed by atoms with E-state index in [0.717, 1.165) is 11.4 Å². The van der Waals surface area contributed by atoms with Gasteiger partial charge >= 0.3 is 0 Å². The number of fused-ring (bicyclic) bond motifs is 12. The summed E-state index contributed by atoms with van der Waals surface area (Å²) in [6, 6.07) is 67.0. The minimum atomic E-state index is -0.145. The zero-order chi connectivity index (χ0) is 49.0. The molecule has 5 heteroatoms. The lowest BCUT2D eigenvalue weighted by Gasteiger charge is -2.25. The molecule has 2 aliphatic rings. The Bertz CT molecular complexity index is 4230. The van der Waals surface area contributed by atoms with Crippen molar-refractivity contribution in [3.63, 3.8) is 0 Å². The summed E-state index contributed by atoms with van der Waals surface area (Å²) in [7, 11) is 2.51. The molecule has 4 heterocycles. The largest absolute Gasteiger partial charge is 0.355 e. The van der Waals surface area contributed by atoms with Crippen molar-refractivity contribution in [2.75, 3.05) is 5.32 Å². The topological polar surface area (TPSA) is 17.0 Å². The number of benzene rings is 9. The molecule has 347 valence electrons. The average Bonchev–Trinajstić information content (AvgIpc) is 4.09. The van der Waals surface area contributed by atoms with Gasteiger partial charge in [0.2, 0.25) is 0 Å². The normalized spacial score (nSPS) is 13.8. The standard InChI is InChI=1S/C67H54BN2S2/c1-65(2,3)40-23-26-42(27-24-40)69-55-37-60-50(49-31-41(66(4,5)6)25-30-58(49)71-60)33-47(55)44-28-29-45-48-32-46-43-21-15-16-22-52(43)67(7,8)53(46)35-56(48)70-57-34-51-59(36-54(57)68-62(44)63(45)70)72-64(39-19-13-10-14-20-39)61(51)38-17-11-9-12-18-38/h9-37,69H,1-8H3. The molecule has 14 rings (SSSR count). The van der Waals surface area contributed by atoms with Crippen LogP contribution in [0.25, 0.3) is 102 Å². The van der Waals surface area contributed by atoms with Crippen molar-refractivity contribution < 1.29 is 0 Å². The predicted octanol–water partition coefficient (Wildman–Crippen LogP) is 18.0. The van der Waals surface area contributed by atoms with Gasteiger partial charge in [-0.25, -0.2) is 0 Å². The molecule has 1 radical (unpaired) electrons. The van der Waals surface area contributed by atoms with Gasteiger partial charge in [0.25, 0.3) is 0 Å². The monoisotopic (exact) mass is 961 g/mol. The highest BCUT2D eigenvalue weighted by molar-refractivity contribution is 7.26. The van der Waals surface area contributed by atoms with Crippen LogP contribution < -0.4 is 16.2 Å². The third kappa shape index (κ3) is 6.53. The van der Waals surface area contributed by atoms with Gasteiger partial charge in [0, 0.05) is 85.0 Å². The first-order chi connectivity index (χ1) is 34.7. The summed E-state index contributed by atoms with van der Waals surface area (Å²) in [4.78, 5) is 1.30. The van der Waals surface area contributed by atoms with E-state index >= 15 is 0 Å². The molecule has 9 aromatic carbocycles.